The predicted octanol–water partition coefficient (Wildman–Crippen LogP) is 0.415. The van der Waals surface area contributed by atoms with Gasteiger partial charge in [-0.25, -0.2) is 0 Å². The number of hydrogen-bond donors (Lipinski definition) is 1. The molecule has 2 saturated heterocycles. The molecule has 2 aliphatic heterocycles. The number of ether oxygens (including phenoxy) is 2. The minimum absolute atomic E-state index is 0.00493. The second-order valence-corrected chi connectivity index (χ2v) is 6.79. The molecule has 26 heavy (non-hydrogen) atoms. The molecule has 1 aromatic rings. The average molecular weight is 361 g/mol. The lowest BCUT2D eigenvalue weighted by Gasteiger charge is -2.36. The molecule has 2 atom stereocenters. The molecule has 7 heteroatoms. The lowest BCUT2D eigenvalue weighted by Crippen LogP contribution is -2.53. The van der Waals surface area contributed by atoms with Gasteiger partial charge in [0.25, 0.3) is 5.91 Å². The molecule has 7 nitrogen and oxygen atoms in total. The summed E-state index contributed by atoms with van der Waals surface area (Å²) in [6.45, 7) is 2.67. The summed E-state index contributed by atoms with van der Waals surface area (Å²) < 4.78 is 10.9. The van der Waals surface area contributed by atoms with Crippen LogP contribution in [0, 0.1) is 0 Å². The number of hydrogen-bond acceptors (Lipinski definition) is 5. The van der Waals surface area contributed by atoms with E-state index in [-0.39, 0.29) is 24.0 Å². The third kappa shape index (κ3) is 4.34. The third-order valence-electron chi connectivity index (χ3n) is 5.08. The van der Waals surface area contributed by atoms with Gasteiger partial charge in [-0.05, 0) is 30.5 Å². The average Bonchev–Trinajstić information content (AvgIpc) is 3.17. The van der Waals surface area contributed by atoms with Crippen LogP contribution in [-0.4, -0.2) is 73.7 Å². The number of rotatable bonds is 5. The van der Waals surface area contributed by atoms with E-state index in [9.17, 15) is 9.59 Å². The number of carbonyl (C=O) groups is 2. The zero-order chi connectivity index (χ0) is 18.5. The smallest absolute Gasteiger partial charge is 0.251 e. The van der Waals surface area contributed by atoms with Crippen LogP contribution in [0.3, 0.4) is 0 Å². The maximum Gasteiger partial charge on any atom is 0.251 e. The van der Waals surface area contributed by atoms with Gasteiger partial charge in [0.05, 0.1) is 19.6 Å². The number of amides is 2. The predicted molar refractivity (Wildman–Crippen MR) is 96.8 cm³/mol. The molecule has 0 aromatic heterocycles. The van der Waals surface area contributed by atoms with Gasteiger partial charge >= 0.3 is 0 Å². The molecule has 1 aromatic carbocycles. The second-order valence-electron chi connectivity index (χ2n) is 6.79. The Hall–Kier alpha value is -2.12. The summed E-state index contributed by atoms with van der Waals surface area (Å²) in [5, 5.41) is 0. The maximum absolute atomic E-state index is 12.5. The van der Waals surface area contributed by atoms with Gasteiger partial charge < -0.3 is 25.0 Å². The minimum Gasteiger partial charge on any atom is -0.497 e. The lowest BCUT2D eigenvalue weighted by molar-refractivity contribution is -0.147. The van der Waals surface area contributed by atoms with Crippen LogP contribution >= 0.6 is 0 Å². The van der Waals surface area contributed by atoms with Crippen molar-refractivity contribution in [2.24, 2.45) is 5.73 Å². The summed E-state index contributed by atoms with van der Waals surface area (Å²) in [6, 6.07) is 7.54. The Labute approximate surface area is 154 Å². The summed E-state index contributed by atoms with van der Waals surface area (Å²) in [5.74, 6) is 0.851. The van der Waals surface area contributed by atoms with Crippen molar-refractivity contribution in [2.75, 3.05) is 39.8 Å². The van der Waals surface area contributed by atoms with Gasteiger partial charge in [-0.2, -0.15) is 0 Å². The normalized spacial score (nSPS) is 23.2. The van der Waals surface area contributed by atoms with Crippen molar-refractivity contribution >= 4 is 11.8 Å². The van der Waals surface area contributed by atoms with Crippen molar-refractivity contribution < 1.29 is 19.1 Å². The first-order valence-corrected chi connectivity index (χ1v) is 9.15. The van der Waals surface area contributed by atoms with Crippen LogP contribution in [-0.2, 0) is 20.7 Å². The van der Waals surface area contributed by atoms with Gasteiger partial charge in [0.1, 0.15) is 11.9 Å². The van der Waals surface area contributed by atoms with E-state index in [1.54, 1.807) is 12.0 Å². The standard InChI is InChI=1S/C19H27N3O4/c1-25-15-4-2-3-14(11-15)12-18(23)21-7-9-22(10-8-21)19(24)17-6-5-16(13-20)26-17/h2-4,11,16-17H,5-10,12-13,20H2,1H3/t16-,17+/m1/s1. The first-order valence-electron chi connectivity index (χ1n) is 9.15. The van der Waals surface area contributed by atoms with Crippen LogP contribution in [0.4, 0.5) is 0 Å². The fraction of sp³-hybridized carbons (Fsp3) is 0.579. The molecule has 2 amide bonds. The zero-order valence-electron chi connectivity index (χ0n) is 15.2. The topological polar surface area (TPSA) is 85.1 Å². The van der Waals surface area contributed by atoms with E-state index >= 15 is 0 Å². The summed E-state index contributed by atoms with van der Waals surface area (Å²) in [4.78, 5) is 28.7. The van der Waals surface area contributed by atoms with E-state index < -0.39 is 0 Å². The fourth-order valence-electron chi connectivity index (χ4n) is 3.51. The highest BCUT2D eigenvalue weighted by molar-refractivity contribution is 5.82. The molecule has 2 N–H and O–H groups in total. The Balaban J connectivity index is 1.48. The monoisotopic (exact) mass is 361 g/mol. The highest BCUT2D eigenvalue weighted by Gasteiger charge is 2.34. The van der Waals surface area contributed by atoms with Crippen LogP contribution in [0.5, 0.6) is 5.75 Å². The van der Waals surface area contributed by atoms with E-state index in [4.69, 9.17) is 15.2 Å². The third-order valence-corrected chi connectivity index (χ3v) is 5.08. The zero-order valence-corrected chi connectivity index (χ0v) is 15.2. The molecule has 142 valence electrons. The van der Waals surface area contributed by atoms with Crippen molar-refractivity contribution in [3.63, 3.8) is 0 Å². The Morgan fingerprint density at radius 2 is 1.92 bits per heavy atom. The molecular formula is C19H27N3O4. The van der Waals surface area contributed by atoms with Gasteiger partial charge in [0.15, 0.2) is 0 Å². The van der Waals surface area contributed by atoms with Crippen molar-refractivity contribution in [3.05, 3.63) is 29.8 Å². The van der Waals surface area contributed by atoms with Gasteiger partial charge in [0, 0.05) is 32.7 Å². The number of nitrogens with two attached hydrogens (primary N) is 1. The van der Waals surface area contributed by atoms with Crippen LogP contribution in [0.15, 0.2) is 24.3 Å². The molecule has 0 bridgehead atoms. The Bertz CT molecular complexity index is 643. The molecule has 2 fully saturated rings. The molecule has 0 aliphatic carbocycles. The Morgan fingerprint density at radius 3 is 2.58 bits per heavy atom. The van der Waals surface area contributed by atoms with Crippen LogP contribution < -0.4 is 10.5 Å². The molecule has 0 saturated carbocycles. The molecular weight excluding hydrogens is 334 g/mol. The van der Waals surface area contributed by atoms with Crippen LogP contribution in [0.1, 0.15) is 18.4 Å². The lowest BCUT2D eigenvalue weighted by atomic mass is 10.1. The van der Waals surface area contributed by atoms with Gasteiger partial charge in [-0.1, -0.05) is 12.1 Å². The van der Waals surface area contributed by atoms with E-state index in [0.717, 1.165) is 24.2 Å². The first kappa shape index (κ1) is 18.7. The fourth-order valence-corrected chi connectivity index (χ4v) is 3.51. The minimum atomic E-state index is -0.373. The maximum atomic E-state index is 12.5. The number of piperazine rings is 1. The summed E-state index contributed by atoms with van der Waals surface area (Å²) >= 11 is 0. The van der Waals surface area contributed by atoms with E-state index in [0.29, 0.717) is 39.1 Å². The first-order chi connectivity index (χ1) is 12.6. The Kier molecular flexibility index (Phi) is 6.11. The summed E-state index contributed by atoms with van der Waals surface area (Å²) in [5.41, 5.74) is 6.54. The summed E-state index contributed by atoms with van der Waals surface area (Å²) in [7, 11) is 1.61. The number of methoxy groups -OCH3 is 1. The van der Waals surface area contributed by atoms with E-state index in [1.165, 1.54) is 0 Å². The van der Waals surface area contributed by atoms with Crippen LogP contribution in [0.2, 0.25) is 0 Å². The highest BCUT2D eigenvalue weighted by atomic mass is 16.5. The molecule has 2 aliphatic rings. The Morgan fingerprint density at radius 1 is 1.19 bits per heavy atom. The number of benzene rings is 1. The van der Waals surface area contributed by atoms with Gasteiger partial charge in [-0.3, -0.25) is 9.59 Å². The molecule has 3 rings (SSSR count). The van der Waals surface area contributed by atoms with E-state index in [1.807, 2.05) is 29.2 Å². The van der Waals surface area contributed by atoms with Crippen molar-refractivity contribution in [1.29, 1.82) is 0 Å². The highest BCUT2D eigenvalue weighted by Crippen LogP contribution is 2.21. The number of nitrogens with zero attached hydrogens (tertiary/aromatic N) is 2. The molecule has 0 radical (unpaired) electrons. The molecule has 0 spiro atoms. The van der Waals surface area contributed by atoms with Crippen molar-refractivity contribution in [3.8, 4) is 5.75 Å². The second kappa shape index (κ2) is 8.51. The summed E-state index contributed by atoms with van der Waals surface area (Å²) in [6.07, 6.45) is 1.54. The number of carbonyl (C=O) groups excluding carboxylic acids is 2. The van der Waals surface area contributed by atoms with E-state index in [2.05, 4.69) is 0 Å². The quantitative estimate of drug-likeness (QED) is 0.821. The SMILES string of the molecule is COc1cccc(CC(=O)N2CCN(C(=O)[C@@H]3CC[C@H](CN)O3)CC2)c1. The molecule has 2 heterocycles. The molecule has 0 unspecified atom stereocenters. The van der Waals surface area contributed by atoms with Gasteiger partial charge in [0.2, 0.25) is 5.91 Å². The largest absolute Gasteiger partial charge is 0.497 e. The van der Waals surface area contributed by atoms with Crippen molar-refractivity contribution in [1.82, 2.24) is 9.80 Å². The van der Waals surface area contributed by atoms with Crippen molar-refractivity contribution in [2.45, 2.75) is 31.5 Å². The van der Waals surface area contributed by atoms with Crippen LogP contribution in [0.25, 0.3) is 0 Å². The van der Waals surface area contributed by atoms with Gasteiger partial charge in [-0.15, -0.1) is 0 Å².